The molecule has 1 aromatic carbocycles. The average Bonchev–Trinajstić information content (AvgIpc) is 2.49. The first kappa shape index (κ1) is 13.3. The van der Waals surface area contributed by atoms with E-state index in [0.717, 1.165) is 0 Å². The standard InChI is InChI=1S/C15H9ClN2O3/c16-10-7-17-6-5-12(10)21-13-8-18-11-4-2-1-3-9(11)14(13)15(19)20/h1-8H,(H,19,20). The predicted octanol–water partition coefficient (Wildman–Crippen LogP) is 3.77. The fraction of sp³-hybridized carbons (Fsp3) is 0. The summed E-state index contributed by atoms with van der Waals surface area (Å²) in [5, 5.41) is 10.3. The first-order valence-electron chi connectivity index (χ1n) is 6.05. The molecule has 0 unspecified atom stereocenters. The third-order valence-electron chi connectivity index (χ3n) is 2.91. The first-order valence-corrected chi connectivity index (χ1v) is 6.43. The predicted molar refractivity (Wildman–Crippen MR) is 78.0 cm³/mol. The van der Waals surface area contributed by atoms with E-state index in [-0.39, 0.29) is 11.3 Å². The molecule has 0 saturated heterocycles. The van der Waals surface area contributed by atoms with Crippen molar-refractivity contribution in [3.05, 3.63) is 59.5 Å². The van der Waals surface area contributed by atoms with Crippen molar-refractivity contribution in [3.8, 4) is 11.5 Å². The second-order valence-corrected chi connectivity index (χ2v) is 4.64. The molecular weight excluding hydrogens is 292 g/mol. The van der Waals surface area contributed by atoms with Crippen molar-refractivity contribution in [2.24, 2.45) is 0 Å². The minimum Gasteiger partial charge on any atom is -0.478 e. The number of nitrogens with zero attached hydrogens (tertiary/aromatic N) is 2. The number of aromatic nitrogens is 2. The van der Waals surface area contributed by atoms with E-state index in [1.807, 2.05) is 0 Å². The molecule has 2 heterocycles. The highest BCUT2D eigenvalue weighted by molar-refractivity contribution is 6.31. The van der Waals surface area contributed by atoms with Crippen molar-refractivity contribution in [3.63, 3.8) is 0 Å². The van der Waals surface area contributed by atoms with E-state index < -0.39 is 5.97 Å². The maximum atomic E-state index is 11.6. The maximum Gasteiger partial charge on any atom is 0.340 e. The fourth-order valence-electron chi connectivity index (χ4n) is 1.98. The number of carbonyl (C=O) groups is 1. The molecule has 0 aliphatic rings. The van der Waals surface area contributed by atoms with Crippen LogP contribution in [-0.4, -0.2) is 21.0 Å². The van der Waals surface area contributed by atoms with E-state index in [1.54, 1.807) is 30.3 Å². The minimum atomic E-state index is -1.09. The number of fused-ring (bicyclic) bond motifs is 1. The summed E-state index contributed by atoms with van der Waals surface area (Å²) < 4.78 is 5.59. The third-order valence-corrected chi connectivity index (χ3v) is 3.19. The van der Waals surface area contributed by atoms with Gasteiger partial charge in [-0.3, -0.25) is 9.97 Å². The number of aromatic carboxylic acids is 1. The molecule has 0 aliphatic heterocycles. The van der Waals surface area contributed by atoms with Crippen molar-refractivity contribution >= 4 is 28.5 Å². The summed E-state index contributed by atoms with van der Waals surface area (Å²) in [6, 6.07) is 8.53. The Bertz CT molecular complexity index is 836. The second-order valence-electron chi connectivity index (χ2n) is 4.23. The Morgan fingerprint density at radius 1 is 1.14 bits per heavy atom. The van der Waals surface area contributed by atoms with Crippen LogP contribution in [-0.2, 0) is 0 Å². The van der Waals surface area contributed by atoms with Gasteiger partial charge in [-0.05, 0) is 6.07 Å². The number of para-hydroxylation sites is 1. The monoisotopic (exact) mass is 300 g/mol. The first-order chi connectivity index (χ1) is 10.2. The summed E-state index contributed by atoms with van der Waals surface area (Å²) in [6.45, 7) is 0. The van der Waals surface area contributed by atoms with Crippen LogP contribution in [0.25, 0.3) is 10.9 Å². The Labute approximate surface area is 124 Å². The molecule has 0 saturated carbocycles. The molecule has 0 radical (unpaired) electrons. The van der Waals surface area contributed by atoms with Crippen LogP contribution in [0.5, 0.6) is 11.5 Å². The van der Waals surface area contributed by atoms with Crippen molar-refractivity contribution in [1.82, 2.24) is 9.97 Å². The molecule has 5 nitrogen and oxygen atoms in total. The number of hydrogen-bond acceptors (Lipinski definition) is 4. The van der Waals surface area contributed by atoms with Gasteiger partial charge in [0.05, 0.1) is 11.7 Å². The van der Waals surface area contributed by atoms with Gasteiger partial charge in [0.25, 0.3) is 0 Å². The van der Waals surface area contributed by atoms with Gasteiger partial charge in [-0.15, -0.1) is 0 Å². The summed E-state index contributed by atoms with van der Waals surface area (Å²) in [4.78, 5) is 19.6. The van der Waals surface area contributed by atoms with Crippen LogP contribution < -0.4 is 4.74 Å². The largest absolute Gasteiger partial charge is 0.478 e. The van der Waals surface area contributed by atoms with Gasteiger partial charge < -0.3 is 9.84 Å². The Hall–Kier alpha value is -2.66. The highest BCUT2D eigenvalue weighted by Crippen LogP contribution is 2.33. The van der Waals surface area contributed by atoms with E-state index in [9.17, 15) is 9.90 Å². The van der Waals surface area contributed by atoms with Gasteiger partial charge in [0.2, 0.25) is 0 Å². The topological polar surface area (TPSA) is 72.3 Å². The smallest absolute Gasteiger partial charge is 0.340 e. The molecule has 0 fully saturated rings. The number of hydrogen-bond donors (Lipinski definition) is 1. The molecule has 21 heavy (non-hydrogen) atoms. The number of rotatable bonds is 3. The summed E-state index contributed by atoms with van der Waals surface area (Å²) in [7, 11) is 0. The molecule has 0 aliphatic carbocycles. The Morgan fingerprint density at radius 3 is 2.71 bits per heavy atom. The fourth-order valence-corrected chi connectivity index (χ4v) is 2.14. The van der Waals surface area contributed by atoms with Crippen LogP contribution in [0.1, 0.15) is 10.4 Å². The Kier molecular flexibility index (Phi) is 3.41. The lowest BCUT2D eigenvalue weighted by Crippen LogP contribution is -2.02. The SMILES string of the molecule is O=C(O)c1c(Oc2ccncc2Cl)cnc2ccccc12. The molecule has 0 amide bonds. The third kappa shape index (κ3) is 2.51. The maximum absolute atomic E-state index is 11.6. The van der Waals surface area contributed by atoms with E-state index in [4.69, 9.17) is 16.3 Å². The van der Waals surface area contributed by atoms with Gasteiger partial charge in [0, 0.05) is 23.8 Å². The Balaban J connectivity index is 2.17. The molecule has 0 bridgehead atoms. The van der Waals surface area contributed by atoms with Crippen LogP contribution in [0.3, 0.4) is 0 Å². The lowest BCUT2D eigenvalue weighted by molar-refractivity contribution is 0.0696. The number of halogens is 1. The number of benzene rings is 1. The number of carboxylic acids is 1. The quantitative estimate of drug-likeness (QED) is 0.797. The van der Waals surface area contributed by atoms with Gasteiger partial charge in [0.1, 0.15) is 16.3 Å². The lowest BCUT2D eigenvalue weighted by atomic mass is 10.1. The number of carboxylic acid groups (broad SMARTS) is 1. The van der Waals surface area contributed by atoms with Crippen LogP contribution >= 0.6 is 11.6 Å². The molecule has 0 spiro atoms. The minimum absolute atomic E-state index is 0.0495. The van der Waals surface area contributed by atoms with Crippen molar-refractivity contribution in [1.29, 1.82) is 0 Å². The molecule has 2 aromatic heterocycles. The summed E-state index contributed by atoms with van der Waals surface area (Å²) in [5.41, 5.74) is 0.636. The lowest BCUT2D eigenvalue weighted by Gasteiger charge is -2.11. The van der Waals surface area contributed by atoms with Gasteiger partial charge in [-0.25, -0.2) is 4.79 Å². The van der Waals surface area contributed by atoms with Crippen molar-refractivity contribution < 1.29 is 14.6 Å². The number of pyridine rings is 2. The molecule has 1 N–H and O–H groups in total. The van der Waals surface area contributed by atoms with E-state index in [2.05, 4.69) is 9.97 Å². The summed E-state index contributed by atoms with van der Waals surface area (Å²) in [5.74, 6) is -0.630. The van der Waals surface area contributed by atoms with Gasteiger partial charge in [-0.1, -0.05) is 29.8 Å². The highest BCUT2D eigenvalue weighted by atomic mass is 35.5. The van der Waals surface area contributed by atoms with Gasteiger partial charge in [-0.2, -0.15) is 0 Å². The van der Waals surface area contributed by atoms with Crippen LogP contribution in [0.2, 0.25) is 5.02 Å². The average molecular weight is 301 g/mol. The summed E-state index contributed by atoms with van der Waals surface area (Å²) in [6.07, 6.45) is 4.31. The molecule has 6 heteroatoms. The molecule has 3 aromatic rings. The zero-order chi connectivity index (χ0) is 14.8. The zero-order valence-electron chi connectivity index (χ0n) is 10.7. The Morgan fingerprint density at radius 2 is 1.95 bits per heavy atom. The highest BCUT2D eigenvalue weighted by Gasteiger charge is 2.18. The number of ether oxygens (including phenoxy) is 1. The molecule has 3 rings (SSSR count). The van der Waals surface area contributed by atoms with Crippen LogP contribution in [0.4, 0.5) is 0 Å². The second kappa shape index (κ2) is 5.38. The van der Waals surface area contributed by atoms with E-state index >= 15 is 0 Å². The van der Waals surface area contributed by atoms with Crippen LogP contribution in [0, 0.1) is 0 Å². The van der Waals surface area contributed by atoms with Crippen LogP contribution in [0.15, 0.2) is 48.9 Å². The van der Waals surface area contributed by atoms with Gasteiger partial charge in [0.15, 0.2) is 5.75 Å². The van der Waals surface area contributed by atoms with E-state index in [0.29, 0.717) is 21.7 Å². The normalized spacial score (nSPS) is 10.5. The molecular formula is C15H9ClN2O3. The zero-order valence-corrected chi connectivity index (χ0v) is 11.4. The summed E-state index contributed by atoms with van der Waals surface area (Å²) >= 11 is 5.97. The molecule has 104 valence electrons. The molecule has 0 atom stereocenters. The van der Waals surface area contributed by atoms with E-state index in [1.165, 1.54) is 18.6 Å². The van der Waals surface area contributed by atoms with Crippen molar-refractivity contribution in [2.75, 3.05) is 0 Å². The van der Waals surface area contributed by atoms with Gasteiger partial charge >= 0.3 is 5.97 Å². The van der Waals surface area contributed by atoms with Crippen molar-refractivity contribution in [2.45, 2.75) is 0 Å².